The summed E-state index contributed by atoms with van der Waals surface area (Å²) >= 11 is 0. The third-order valence-electron chi connectivity index (χ3n) is 2.95. The molecule has 0 fully saturated rings. The number of carbonyl (C=O) groups is 1. The summed E-state index contributed by atoms with van der Waals surface area (Å²) in [7, 11) is 0. The number of carbonyl (C=O) groups excluding carboxylic acids is 1. The number of anilines is 1. The average Bonchev–Trinajstić information content (AvgIpc) is 2.42. The molecule has 0 bridgehead atoms. The largest absolute Gasteiger partial charge is 0.444 e. The predicted molar refractivity (Wildman–Crippen MR) is 87.6 cm³/mol. The normalized spacial score (nSPS) is 11.1. The molecule has 5 heteroatoms. The zero-order valence-corrected chi connectivity index (χ0v) is 13.7. The molecular formula is C17H27FN2O2. The van der Waals surface area contributed by atoms with Gasteiger partial charge in [-0.1, -0.05) is 12.8 Å². The Kier molecular flexibility index (Phi) is 7.71. The molecule has 4 nitrogen and oxygen atoms in total. The first-order chi connectivity index (χ1) is 10.4. The van der Waals surface area contributed by atoms with Crippen LogP contribution in [0.2, 0.25) is 0 Å². The molecule has 1 aromatic carbocycles. The van der Waals surface area contributed by atoms with Crippen molar-refractivity contribution in [1.82, 2.24) is 5.32 Å². The fourth-order valence-electron chi connectivity index (χ4n) is 1.91. The second-order valence-electron chi connectivity index (χ2n) is 6.28. The fraction of sp³-hybridized carbons (Fsp3) is 0.588. The predicted octanol–water partition coefficient (Wildman–Crippen LogP) is 4.32. The molecule has 1 aromatic rings. The lowest BCUT2D eigenvalue weighted by Gasteiger charge is -2.19. The Morgan fingerprint density at radius 3 is 2.23 bits per heavy atom. The Balaban J connectivity index is 1.95. The summed E-state index contributed by atoms with van der Waals surface area (Å²) in [6, 6.07) is 6.37. The summed E-state index contributed by atoms with van der Waals surface area (Å²) in [4.78, 5) is 11.4. The van der Waals surface area contributed by atoms with E-state index >= 15 is 0 Å². The molecular weight excluding hydrogens is 283 g/mol. The maximum absolute atomic E-state index is 12.7. The first-order valence-electron chi connectivity index (χ1n) is 7.83. The molecule has 1 amide bonds. The van der Waals surface area contributed by atoms with E-state index in [4.69, 9.17) is 4.74 Å². The van der Waals surface area contributed by atoms with Crippen LogP contribution >= 0.6 is 0 Å². The molecule has 0 heterocycles. The number of unbranched alkanes of at least 4 members (excludes halogenated alkanes) is 3. The van der Waals surface area contributed by atoms with E-state index in [1.165, 1.54) is 12.1 Å². The van der Waals surface area contributed by atoms with Gasteiger partial charge in [-0.15, -0.1) is 0 Å². The van der Waals surface area contributed by atoms with Crippen molar-refractivity contribution in [3.63, 3.8) is 0 Å². The van der Waals surface area contributed by atoms with Crippen molar-refractivity contribution in [2.24, 2.45) is 0 Å². The van der Waals surface area contributed by atoms with Gasteiger partial charge in [0.05, 0.1) is 0 Å². The van der Waals surface area contributed by atoms with Crippen molar-refractivity contribution in [2.75, 3.05) is 18.4 Å². The fourth-order valence-corrected chi connectivity index (χ4v) is 1.91. The molecule has 124 valence electrons. The molecule has 0 aliphatic rings. The minimum atomic E-state index is -0.448. The van der Waals surface area contributed by atoms with Crippen LogP contribution in [0, 0.1) is 5.82 Å². The molecule has 1 rings (SSSR count). The van der Waals surface area contributed by atoms with E-state index < -0.39 is 5.60 Å². The van der Waals surface area contributed by atoms with Crippen LogP contribution in [0.3, 0.4) is 0 Å². The number of hydrogen-bond donors (Lipinski definition) is 2. The highest BCUT2D eigenvalue weighted by Gasteiger charge is 2.15. The Morgan fingerprint density at radius 1 is 1.05 bits per heavy atom. The van der Waals surface area contributed by atoms with Gasteiger partial charge >= 0.3 is 6.09 Å². The second-order valence-corrected chi connectivity index (χ2v) is 6.28. The van der Waals surface area contributed by atoms with Crippen LogP contribution in [-0.4, -0.2) is 24.8 Å². The lowest BCUT2D eigenvalue weighted by molar-refractivity contribution is 0.0527. The zero-order valence-electron chi connectivity index (χ0n) is 13.7. The Morgan fingerprint density at radius 2 is 1.64 bits per heavy atom. The number of hydrogen-bond acceptors (Lipinski definition) is 3. The van der Waals surface area contributed by atoms with Crippen LogP contribution < -0.4 is 10.6 Å². The summed E-state index contributed by atoms with van der Waals surface area (Å²) in [5.74, 6) is -0.219. The van der Waals surface area contributed by atoms with Gasteiger partial charge < -0.3 is 15.4 Å². The van der Waals surface area contributed by atoms with Crippen LogP contribution in [0.4, 0.5) is 14.9 Å². The number of ether oxygens (including phenoxy) is 1. The molecule has 0 aliphatic carbocycles. The van der Waals surface area contributed by atoms with Crippen molar-refractivity contribution in [3.8, 4) is 0 Å². The van der Waals surface area contributed by atoms with E-state index in [-0.39, 0.29) is 11.9 Å². The summed E-state index contributed by atoms with van der Waals surface area (Å²) in [6.45, 7) is 7.05. The van der Waals surface area contributed by atoms with Crippen molar-refractivity contribution >= 4 is 11.8 Å². The number of nitrogens with one attached hydrogen (secondary N) is 2. The zero-order chi connectivity index (χ0) is 16.4. The quantitative estimate of drug-likeness (QED) is 0.703. The lowest BCUT2D eigenvalue weighted by atomic mass is 10.2. The highest BCUT2D eigenvalue weighted by Crippen LogP contribution is 2.09. The maximum atomic E-state index is 12.7. The van der Waals surface area contributed by atoms with Crippen molar-refractivity contribution in [2.45, 2.75) is 52.1 Å². The smallest absolute Gasteiger partial charge is 0.407 e. The van der Waals surface area contributed by atoms with Crippen LogP contribution in [-0.2, 0) is 4.74 Å². The van der Waals surface area contributed by atoms with Crippen LogP contribution in [0.15, 0.2) is 24.3 Å². The standard InChI is InChI=1S/C17H27FN2O2/c1-17(2,3)22-16(21)20-13-7-5-4-6-12-19-15-10-8-14(18)9-11-15/h8-11,19H,4-7,12-13H2,1-3H3,(H,20,21). The topological polar surface area (TPSA) is 50.4 Å². The van der Waals surface area contributed by atoms with Gasteiger partial charge in [0.15, 0.2) is 0 Å². The second kappa shape index (κ2) is 9.28. The molecule has 0 saturated heterocycles. The van der Waals surface area contributed by atoms with E-state index in [1.54, 1.807) is 12.1 Å². The molecule has 2 N–H and O–H groups in total. The van der Waals surface area contributed by atoms with Crippen molar-refractivity contribution in [3.05, 3.63) is 30.1 Å². The third kappa shape index (κ3) is 9.21. The van der Waals surface area contributed by atoms with Crippen LogP contribution in [0.25, 0.3) is 0 Å². The number of rotatable bonds is 8. The molecule has 0 spiro atoms. The highest BCUT2D eigenvalue weighted by molar-refractivity contribution is 5.67. The monoisotopic (exact) mass is 310 g/mol. The number of amides is 1. The molecule has 0 saturated carbocycles. The van der Waals surface area contributed by atoms with E-state index in [1.807, 2.05) is 20.8 Å². The summed E-state index contributed by atoms with van der Waals surface area (Å²) in [5, 5.41) is 6.00. The minimum absolute atomic E-state index is 0.219. The number of benzene rings is 1. The van der Waals surface area contributed by atoms with Gasteiger partial charge in [-0.05, 0) is 57.9 Å². The van der Waals surface area contributed by atoms with Gasteiger partial charge in [0.1, 0.15) is 11.4 Å². The Hall–Kier alpha value is -1.78. The molecule has 0 aromatic heterocycles. The third-order valence-corrected chi connectivity index (χ3v) is 2.95. The molecule has 0 radical (unpaired) electrons. The first-order valence-corrected chi connectivity index (χ1v) is 7.83. The minimum Gasteiger partial charge on any atom is -0.444 e. The molecule has 0 atom stereocenters. The van der Waals surface area contributed by atoms with E-state index in [2.05, 4.69) is 10.6 Å². The van der Waals surface area contributed by atoms with Crippen molar-refractivity contribution < 1.29 is 13.9 Å². The van der Waals surface area contributed by atoms with Gasteiger partial charge in [0.2, 0.25) is 0 Å². The van der Waals surface area contributed by atoms with Gasteiger partial charge in [0.25, 0.3) is 0 Å². The van der Waals surface area contributed by atoms with Crippen molar-refractivity contribution in [1.29, 1.82) is 0 Å². The van der Waals surface area contributed by atoms with E-state index in [0.717, 1.165) is 37.9 Å². The van der Waals surface area contributed by atoms with Gasteiger partial charge in [-0.25, -0.2) is 9.18 Å². The number of halogens is 1. The SMILES string of the molecule is CC(C)(C)OC(=O)NCCCCCCNc1ccc(F)cc1. The summed E-state index contributed by atoms with van der Waals surface area (Å²) < 4.78 is 17.9. The van der Waals surface area contributed by atoms with Gasteiger partial charge in [0, 0.05) is 18.8 Å². The Bertz CT molecular complexity index is 441. The summed E-state index contributed by atoms with van der Waals surface area (Å²) in [6.07, 6.45) is 3.77. The van der Waals surface area contributed by atoms with Crippen LogP contribution in [0.5, 0.6) is 0 Å². The van der Waals surface area contributed by atoms with Gasteiger partial charge in [-0.3, -0.25) is 0 Å². The summed E-state index contributed by atoms with van der Waals surface area (Å²) in [5.41, 5.74) is 0.490. The Labute approximate surface area is 132 Å². The number of alkyl carbamates (subject to hydrolysis) is 1. The first kappa shape index (κ1) is 18.3. The van der Waals surface area contributed by atoms with Gasteiger partial charge in [-0.2, -0.15) is 0 Å². The molecule has 0 unspecified atom stereocenters. The lowest BCUT2D eigenvalue weighted by Crippen LogP contribution is -2.32. The maximum Gasteiger partial charge on any atom is 0.407 e. The van der Waals surface area contributed by atoms with E-state index in [9.17, 15) is 9.18 Å². The molecule has 0 aliphatic heterocycles. The highest BCUT2D eigenvalue weighted by atomic mass is 19.1. The average molecular weight is 310 g/mol. The molecule has 22 heavy (non-hydrogen) atoms. The van der Waals surface area contributed by atoms with Crippen LogP contribution in [0.1, 0.15) is 46.5 Å². The van der Waals surface area contributed by atoms with E-state index in [0.29, 0.717) is 6.54 Å².